The van der Waals surface area contributed by atoms with Gasteiger partial charge in [0, 0.05) is 19.3 Å². The largest absolute Gasteiger partial charge is 0.462 e. The van der Waals surface area contributed by atoms with Crippen molar-refractivity contribution in [2.45, 2.75) is 252 Å². The first-order valence-electron chi connectivity index (χ1n) is 26.6. The lowest BCUT2D eigenvalue weighted by Crippen LogP contribution is -2.30. The molecule has 1 unspecified atom stereocenters. The van der Waals surface area contributed by atoms with Gasteiger partial charge >= 0.3 is 17.9 Å². The summed E-state index contributed by atoms with van der Waals surface area (Å²) in [5.74, 6) is -0.911. The molecule has 0 fully saturated rings. The minimum absolute atomic E-state index is 0.0835. The first-order chi connectivity index (χ1) is 31.5. The Morgan fingerprint density at radius 2 is 0.625 bits per heavy atom. The zero-order valence-electron chi connectivity index (χ0n) is 41.8. The second kappa shape index (κ2) is 52.2. The lowest BCUT2D eigenvalue weighted by atomic mass is 10.1. The molecule has 0 radical (unpaired) electrons. The fraction of sp³-hybridized carbons (Fsp3) is 0.707. The molecule has 0 saturated carbocycles. The molecule has 0 saturated heterocycles. The highest BCUT2D eigenvalue weighted by atomic mass is 16.6. The number of esters is 3. The van der Waals surface area contributed by atoms with E-state index in [2.05, 4.69) is 106 Å². The van der Waals surface area contributed by atoms with E-state index < -0.39 is 6.10 Å². The molecule has 0 amide bonds. The van der Waals surface area contributed by atoms with Gasteiger partial charge in [-0.3, -0.25) is 14.4 Å². The van der Waals surface area contributed by atoms with Crippen LogP contribution < -0.4 is 0 Å². The lowest BCUT2D eigenvalue weighted by molar-refractivity contribution is -0.167. The van der Waals surface area contributed by atoms with Crippen LogP contribution in [0.1, 0.15) is 245 Å². The molecule has 0 aliphatic carbocycles. The van der Waals surface area contributed by atoms with Crippen LogP contribution in [0.2, 0.25) is 0 Å². The van der Waals surface area contributed by atoms with Crippen molar-refractivity contribution in [2.75, 3.05) is 13.2 Å². The van der Waals surface area contributed by atoms with Crippen molar-refractivity contribution in [2.24, 2.45) is 0 Å². The molecule has 0 aromatic rings. The zero-order valence-corrected chi connectivity index (χ0v) is 41.8. The molecule has 6 heteroatoms. The number of hydrogen-bond donors (Lipinski definition) is 0. The molecule has 64 heavy (non-hydrogen) atoms. The topological polar surface area (TPSA) is 78.9 Å². The van der Waals surface area contributed by atoms with Crippen LogP contribution in [0.25, 0.3) is 0 Å². The number of carbonyl (C=O) groups is 3. The van der Waals surface area contributed by atoms with Crippen LogP contribution in [0.15, 0.2) is 85.1 Å². The quantitative estimate of drug-likeness (QED) is 0.0262. The van der Waals surface area contributed by atoms with E-state index in [4.69, 9.17) is 14.2 Å². The third-order valence-corrected chi connectivity index (χ3v) is 11.1. The molecule has 0 bridgehead atoms. The minimum atomic E-state index is -0.783. The second-order valence-electron chi connectivity index (χ2n) is 17.4. The van der Waals surface area contributed by atoms with Crippen LogP contribution in [-0.2, 0) is 28.6 Å². The first kappa shape index (κ1) is 60.6. The van der Waals surface area contributed by atoms with E-state index in [0.29, 0.717) is 19.3 Å². The van der Waals surface area contributed by atoms with Gasteiger partial charge in [0.2, 0.25) is 0 Å². The Morgan fingerprint density at radius 3 is 1.00 bits per heavy atom. The SMILES string of the molecule is CC/C=C\C/C=C\C/C=C\C/C=C\C/C=C\CCCCCCCCCCCC(=O)OCC(COC(=O)CCCCCCCCC)OC(=O)CCCCCCC/C=C\C/C=C\CCCC. The van der Waals surface area contributed by atoms with Crippen molar-refractivity contribution in [1.82, 2.24) is 0 Å². The maximum Gasteiger partial charge on any atom is 0.306 e. The molecule has 0 rings (SSSR count). The lowest BCUT2D eigenvalue weighted by Gasteiger charge is -2.18. The van der Waals surface area contributed by atoms with E-state index in [9.17, 15) is 14.4 Å². The fourth-order valence-electron chi connectivity index (χ4n) is 7.13. The molecule has 0 heterocycles. The summed E-state index contributed by atoms with van der Waals surface area (Å²) in [6.45, 7) is 6.42. The predicted molar refractivity (Wildman–Crippen MR) is 274 cm³/mol. The van der Waals surface area contributed by atoms with Gasteiger partial charge in [-0.05, 0) is 89.9 Å². The van der Waals surface area contributed by atoms with Gasteiger partial charge < -0.3 is 14.2 Å². The summed E-state index contributed by atoms with van der Waals surface area (Å²) in [4.78, 5) is 37.8. The summed E-state index contributed by atoms with van der Waals surface area (Å²) in [5.41, 5.74) is 0. The summed E-state index contributed by atoms with van der Waals surface area (Å²) < 4.78 is 16.7. The summed E-state index contributed by atoms with van der Waals surface area (Å²) >= 11 is 0. The Hall–Kier alpha value is -3.41. The molecular weight excluding hydrogens is 793 g/mol. The Bertz CT molecular complexity index is 1250. The average Bonchev–Trinajstić information content (AvgIpc) is 3.29. The van der Waals surface area contributed by atoms with Gasteiger partial charge in [-0.25, -0.2) is 0 Å². The highest BCUT2D eigenvalue weighted by molar-refractivity contribution is 5.71. The van der Waals surface area contributed by atoms with E-state index in [1.807, 2.05) is 0 Å². The van der Waals surface area contributed by atoms with Crippen molar-refractivity contribution in [1.29, 1.82) is 0 Å². The van der Waals surface area contributed by atoms with Crippen LogP contribution >= 0.6 is 0 Å². The number of hydrogen-bond acceptors (Lipinski definition) is 6. The first-order valence-corrected chi connectivity index (χ1v) is 26.6. The monoisotopic (exact) mass is 891 g/mol. The van der Waals surface area contributed by atoms with Gasteiger partial charge in [-0.15, -0.1) is 0 Å². The molecule has 6 nitrogen and oxygen atoms in total. The smallest absolute Gasteiger partial charge is 0.306 e. The van der Waals surface area contributed by atoms with E-state index >= 15 is 0 Å². The van der Waals surface area contributed by atoms with Gasteiger partial charge in [-0.2, -0.15) is 0 Å². The van der Waals surface area contributed by atoms with E-state index in [0.717, 1.165) is 122 Å². The van der Waals surface area contributed by atoms with E-state index in [1.54, 1.807) is 0 Å². The maximum absolute atomic E-state index is 12.7. The fourth-order valence-corrected chi connectivity index (χ4v) is 7.13. The van der Waals surface area contributed by atoms with Crippen molar-refractivity contribution in [3.8, 4) is 0 Å². The molecule has 0 aliphatic heterocycles. The second-order valence-corrected chi connectivity index (χ2v) is 17.4. The van der Waals surface area contributed by atoms with Crippen LogP contribution in [0.3, 0.4) is 0 Å². The Kier molecular flexibility index (Phi) is 49.4. The normalized spacial score (nSPS) is 12.7. The van der Waals surface area contributed by atoms with E-state index in [-0.39, 0.29) is 31.1 Å². The number of carbonyl (C=O) groups excluding carboxylic acids is 3. The third kappa shape index (κ3) is 49.6. The third-order valence-electron chi connectivity index (χ3n) is 11.1. The van der Waals surface area contributed by atoms with Gasteiger partial charge in [0.1, 0.15) is 13.2 Å². The molecule has 0 aliphatic rings. The van der Waals surface area contributed by atoms with E-state index in [1.165, 1.54) is 83.5 Å². The van der Waals surface area contributed by atoms with Gasteiger partial charge in [0.25, 0.3) is 0 Å². The summed E-state index contributed by atoms with van der Waals surface area (Å²) in [6, 6.07) is 0. The summed E-state index contributed by atoms with van der Waals surface area (Å²) in [7, 11) is 0. The molecule has 366 valence electrons. The highest BCUT2D eigenvalue weighted by Gasteiger charge is 2.19. The Labute approximate surface area is 395 Å². The van der Waals surface area contributed by atoms with Crippen LogP contribution in [-0.4, -0.2) is 37.2 Å². The molecule has 0 spiro atoms. The molecule has 1 atom stereocenters. The molecule has 0 aromatic carbocycles. The van der Waals surface area contributed by atoms with Crippen LogP contribution in [0.5, 0.6) is 0 Å². The van der Waals surface area contributed by atoms with Crippen molar-refractivity contribution in [3.63, 3.8) is 0 Å². The summed E-state index contributed by atoms with van der Waals surface area (Å²) in [6.07, 6.45) is 67.3. The minimum Gasteiger partial charge on any atom is -0.462 e. The van der Waals surface area contributed by atoms with Gasteiger partial charge in [-0.1, -0.05) is 221 Å². The van der Waals surface area contributed by atoms with Crippen molar-refractivity contribution < 1.29 is 28.6 Å². The van der Waals surface area contributed by atoms with Crippen molar-refractivity contribution in [3.05, 3.63) is 85.1 Å². The van der Waals surface area contributed by atoms with Gasteiger partial charge in [0.15, 0.2) is 6.10 Å². The maximum atomic E-state index is 12.7. The number of ether oxygens (including phenoxy) is 3. The average molecular weight is 891 g/mol. The van der Waals surface area contributed by atoms with Crippen LogP contribution in [0.4, 0.5) is 0 Å². The molecule has 0 aromatic heterocycles. The standard InChI is InChI=1S/C58H98O6/c1-4-7-10-13-16-18-20-22-24-25-26-27-28-29-30-31-32-33-34-36-37-39-42-45-48-51-57(60)63-54-55(53-62-56(59)50-47-44-41-15-12-9-6-3)64-58(61)52-49-46-43-40-38-35-23-21-19-17-14-11-8-5-2/h7,10,14,16-18,21-24,26-27,29-30,55H,4-6,8-9,11-13,15,19-20,25,28,31-54H2,1-3H3/b10-7-,17-14-,18-16-,23-21-,24-22-,27-26-,30-29-. The Balaban J connectivity index is 4.21. The summed E-state index contributed by atoms with van der Waals surface area (Å²) in [5, 5.41) is 0. The molecule has 0 N–H and O–H groups in total. The number of allylic oxidation sites excluding steroid dienone is 14. The van der Waals surface area contributed by atoms with Crippen LogP contribution in [0, 0.1) is 0 Å². The molecular formula is C58H98O6. The van der Waals surface area contributed by atoms with Gasteiger partial charge in [0.05, 0.1) is 0 Å². The zero-order chi connectivity index (χ0) is 46.5. The Morgan fingerprint density at radius 1 is 0.328 bits per heavy atom. The highest BCUT2D eigenvalue weighted by Crippen LogP contribution is 2.14. The predicted octanol–water partition coefficient (Wildman–Crippen LogP) is 17.6. The van der Waals surface area contributed by atoms with Crippen molar-refractivity contribution >= 4 is 17.9 Å². The number of rotatable bonds is 47. The number of unbranched alkanes of at least 4 members (excludes halogenated alkanes) is 22.